The smallest absolute Gasteiger partial charge is 0.120 e. The molecule has 0 aliphatic rings. The minimum absolute atomic E-state index is 0.508. The van der Waals surface area contributed by atoms with E-state index in [-0.39, 0.29) is 0 Å². The highest BCUT2D eigenvalue weighted by Crippen LogP contribution is 2.23. The SMILES string of the molecule is O=CCCC(I)C(I)CCC=O. The maximum atomic E-state index is 10.1. The lowest BCUT2D eigenvalue weighted by molar-refractivity contribution is -0.108. The Kier molecular flexibility index (Phi) is 8.96. The average molecular weight is 394 g/mol. The number of hydrogen-bond acceptors (Lipinski definition) is 2. The van der Waals surface area contributed by atoms with Gasteiger partial charge >= 0.3 is 0 Å². The van der Waals surface area contributed by atoms with Gasteiger partial charge in [0.25, 0.3) is 0 Å². The number of halogens is 2. The molecule has 70 valence electrons. The highest BCUT2D eigenvalue weighted by atomic mass is 127. The molecule has 0 spiro atoms. The number of aldehydes is 2. The van der Waals surface area contributed by atoms with Crippen LogP contribution in [-0.4, -0.2) is 20.4 Å². The first kappa shape index (κ1) is 12.8. The van der Waals surface area contributed by atoms with Gasteiger partial charge < -0.3 is 9.59 Å². The molecule has 0 aliphatic heterocycles. The van der Waals surface area contributed by atoms with Gasteiger partial charge in [-0.15, -0.1) is 0 Å². The molecule has 0 bridgehead atoms. The Morgan fingerprint density at radius 3 is 1.50 bits per heavy atom. The number of carbonyl (C=O) groups is 2. The second-order valence-corrected chi connectivity index (χ2v) is 5.72. The molecule has 2 atom stereocenters. The average Bonchev–Trinajstić information content (AvgIpc) is 2.10. The summed E-state index contributed by atoms with van der Waals surface area (Å²) in [4.78, 5) is 20.2. The lowest BCUT2D eigenvalue weighted by atomic mass is 10.1. The van der Waals surface area contributed by atoms with E-state index in [2.05, 4.69) is 45.2 Å². The fraction of sp³-hybridized carbons (Fsp3) is 0.750. The molecular weight excluding hydrogens is 382 g/mol. The number of alkyl halides is 2. The van der Waals surface area contributed by atoms with Crippen LogP contribution >= 0.6 is 45.2 Å². The predicted molar refractivity (Wildman–Crippen MR) is 66.2 cm³/mol. The summed E-state index contributed by atoms with van der Waals surface area (Å²) in [5.41, 5.74) is 0. The van der Waals surface area contributed by atoms with Gasteiger partial charge in [-0.2, -0.15) is 0 Å². The first-order chi connectivity index (χ1) is 5.72. The van der Waals surface area contributed by atoms with Crippen molar-refractivity contribution in [2.75, 3.05) is 0 Å². The Bertz CT molecular complexity index is 123. The summed E-state index contributed by atoms with van der Waals surface area (Å²) < 4.78 is 1.02. The van der Waals surface area contributed by atoms with Gasteiger partial charge in [-0.3, -0.25) is 0 Å². The highest BCUT2D eigenvalue weighted by Gasteiger charge is 2.14. The van der Waals surface area contributed by atoms with E-state index in [9.17, 15) is 9.59 Å². The van der Waals surface area contributed by atoms with Crippen molar-refractivity contribution in [3.8, 4) is 0 Å². The molecule has 0 aromatic heterocycles. The molecule has 2 nitrogen and oxygen atoms in total. The molecule has 2 unspecified atom stereocenters. The van der Waals surface area contributed by atoms with Crippen LogP contribution < -0.4 is 0 Å². The Hall–Kier alpha value is 0.800. The molecule has 0 aromatic carbocycles. The Morgan fingerprint density at radius 1 is 0.917 bits per heavy atom. The van der Waals surface area contributed by atoms with Gasteiger partial charge in [-0.25, -0.2) is 0 Å². The summed E-state index contributed by atoms with van der Waals surface area (Å²) >= 11 is 4.70. The highest BCUT2D eigenvalue weighted by molar-refractivity contribution is 14.1. The predicted octanol–water partition coefficient (Wildman–Crippen LogP) is 2.55. The molecule has 0 fully saturated rings. The maximum absolute atomic E-state index is 10.1. The molecule has 0 rings (SSSR count). The second kappa shape index (κ2) is 8.40. The minimum atomic E-state index is 0.508. The first-order valence-electron chi connectivity index (χ1n) is 3.87. The summed E-state index contributed by atoms with van der Waals surface area (Å²) in [5, 5.41) is 0. The van der Waals surface area contributed by atoms with E-state index in [1.807, 2.05) is 0 Å². The van der Waals surface area contributed by atoms with Gasteiger partial charge in [0.15, 0.2) is 0 Å². The fourth-order valence-corrected chi connectivity index (χ4v) is 2.25. The van der Waals surface area contributed by atoms with E-state index < -0.39 is 0 Å². The Balaban J connectivity index is 3.52. The van der Waals surface area contributed by atoms with Crippen LogP contribution in [0, 0.1) is 0 Å². The second-order valence-electron chi connectivity index (χ2n) is 2.52. The maximum Gasteiger partial charge on any atom is 0.120 e. The van der Waals surface area contributed by atoms with Crippen molar-refractivity contribution in [1.29, 1.82) is 0 Å². The van der Waals surface area contributed by atoms with Crippen LogP contribution in [0.15, 0.2) is 0 Å². The van der Waals surface area contributed by atoms with Gasteiger partial charge in [0.2, 0.25) is 0 Å². The minimum Gasteiger partial charge on any atom is -0.303 e. The van der Waals surface area contributed by atoms with Crippen LogP contribution in [-0.2, 0) is 9.59 Å². The molecule has 0 N–H and O–H groups in total. The third-order valence-corrected chi connectivity index (χ3v) is 5.87. The van der Waals surface area contributed by atoms with Crippen LogP contribution in [0.4, 0.5) is 0 Å². The summed E-state index contributed by atoms with van der Waals surface area (Å²) in [6.07, 6.45) is 5.03. The molecule has 0 radical (unpaired) electrons. The largest absolute Gasteiger partial charge is 0.303 e. The Labute approximate surface area is 100 Å². The summed E-state index contributed by atoms with van der Waals surface area (Å²) in [6, 6.07) is 0. The van der Waals surface area contributed by atoms with Crippen LogP contribution in [0.1, 0.15) is 25.7 Å². The normalized spacial score (nSPS) is 15.2. The van der Waals surface area contributed by atoms with E-state index in [1.54, 1.807) is 0 Å². The van der Waals surface area contributed by atoms with E-state index >= 15 is 0 Å². The molecular formula is C8H12I2O2. The zero-order chi connectivity index (χ0) is 9.40. The molecule has 0 aromatic rings. The molecule has 0 aliphatic carbocycles. The van der Waals surface area contributed by atoms with Gasteiger partial charge in [-0.05, 0) is 12.8 Å². The van der Waals surface area contributed by atoms with Crippen molar-refractivity contribution in [2.24, 2.45) is 0 Å². The zero-order valence-electron chi connectivity index (χ0n) is 6.71. The van der Waals surface area contributed by atoms with Crippen LogP contribution in [0.2, 0.25) is 0 Å². The van der Waals surface area contributed by atoms with E-state index in [1.165, 1.54) is 0 Å². The zero-order valence-corrected chi connectivity index (χ0v) is 11.0. The molecule has 0 amide bonds. The number of hydrogen-bond donors (Lipinski definition) is 0. The van der Waals surface area contributed by atoms with Crippen molar-refractivity contribution >= 4 is 57.8 Å². The van der Waals surface area contributed by atoms with Crippen LogP contribution in [0.5, 0.6) is 0 Å². The quantitative estimate of drug-likeness (QED) is 0.378. The van der Waals surface area contributed by atoms with Crippen molar-refractivity contribution < 1.29 is 9.59 Å². The summed E-state index contributed by atoms with van der Waals surface area (Å²) in [5.74, 6) is 0. The molecule has 4 heteroatoms. The summed E-state index contributed by atoms with van der Waals surface area (Å²) in [7, 11) is 0. The van der Waals surface area contributed by atoms with Gasteiger partial charge in [0, 0.05) is 20.7 Å². The number of rotatable bonds is 7. The van der Waals surface area contributed by atoms with Crippen LogP contribution in [0.3, 0.4) is 0 Å². The van der Waals surface area contributed by atoms with Crippen molar-refractivity contribution in [1.82, 2.24) is 0 Å². The summed E-state index contributed by atoms with van der Waals surface area (Å²) in [6.45, 7) is 0. The molecule has 0 saturated carbocycles. The lowest BCUT2D eigenvalue weighted by Gasteiger charge is -2.13. The van der Waals surface area contributed by atoms with Gasteiger partial charge in [-0.1, -0.05) is 45.2 Å². The number of carbonyl (C=O) groups excluding carboxylic acids is 2. The van der Waals surface area contributed by atoms with Gasteiger partial charge in [0.05, 0.1) is 0 Å². The Morgan fingerprint density at radius 2 is 1.25 bits per heavy atom. The molecule has 0 saturated heterocycles. The lowest BCUT2D eigenvalue weighted by Crippen LogP contribution is -2.13. The topological polar surface area (TPSA) is 34.1 Å². The monoisotopic (exact) mass is 394 g/mol. The fourth-order valence-electron chi connectivity index (χ4n) is 0.816. The standard InChI is InChI=1S/C8H12I2O2/c9-7(3-1-5-11)8(10)4-2-6-12/h5-8H,1-4H2. The van der Waals surface area contributed by atoms with Crippen molar-refractivity contribution in [3.63, 3.8) is 0 Å². The van der Waals surface area contributed by atoms with Gasteiger partial charge in [0.1, 0.15) is 12.6 Å². The van der Waals surface area contributed by atoms with Crippen LogP contribution in [0.25, 0.3) is 0 Å². The van der Waals surface area contributed by atoms with Crippen molar-refractivity contribution in [3.05, 3.63) is 0 Å². The first-order valence-corrected chi connectivity index (χ1v) is 6.37. The molecule has 12 heavy (non-hydrogen) atoms. The molecule has 0 heterocycles. The van der Waals surface area contributed by atoms with Crippen molar-refractivity contribution in [2.45, 2.75) is 33.5 Å². The van der Waals surface area contributed by atoms with E-state index in [4.69, 9.17) is 0 Å². The van der Waals surface area contributed by atoms with E-state index in [0.29, 0.717) is 20.7 Å². The van der Waals surface area contributed by atoms with E-state index in [0.717, 1.165) is 25.4 Å². The third-order valence-electron chi connectivity index (χ3n) is 1.51. The third kappa shape index (κ3) is 6.33.